The van der Waals surface area contributed by atoms with Crippen molar-refractivity contribution in [3.63, 3.8) is 0 Å². The van der Waals surface area contributed by atoms with Gasteiger partial charge in [0, 0.05) is 28.0 Å². The first-order valence-electron chi connectivity index (χ1n) is 6.27. The molecule has 0 bridgehead atoms. The highest BCUT2D eigenvalue weighted by Gasteiger charge is 2.20. The number of rotatable bonds is 4. The summed E-state index contributed by atoms with van der Waals surface area (Å²) >= 11 is 3.83. The largest absolute Gasteiger partial charge is 0.507 e. The molecule has 2 aromatic rings. The molecule has 0 saturated heterocycles. The van der Waals surface area contributed by atoms with Crippen molar-refractivity contribution in [2.24, 2.45) is 0 Å². The summed E-state index contributed by atoms with van der Waals surface area (Å²) in [6, 6.07) is 9.22. The average Bonchev–Trinajstić information content (AvgIpc) is 2.92. The summed E-state index contributed by atoms with van der Waals surface area (Å²) in [5, 5.41) is 11.9. The second-order valence-electron chi connectivity index (χ2n) is 4.71. The molecule has 0 fully saturated rings. The van der Waals surface area contributed by atoms with Gasteiger partial charge < -0.3 is 10.0 Å². The number of thiophene rings is 1. The van der Waals surface area contributed by atoms with E-state index in [2.05, 4.69) is 28.7 Å². The number of aromatic hydroxyl groups is 1. The Morgan fingerprint density at radius 1 is 1.45 bits per heavy atom. The molecule has 1 aromatic carbocycles. The minimum Gasteiger partial charge on any atom is -0.507 e. The Morgan fingerprint density at radius 3 is 2.85 bits per heavy atom. The van der Waals surface area contributed by atoms with Crippen molar-refractivity contribution in [1.82, 2.24) is 4.90 Å². The van der Waals surface area contributed by atoms with Gasteiger partial charge in [-0.2, -0.15) is 0 Å². The Bertz CT molecular complexity index is 598. The molecule has 0 aliphatic rings. The van der Waals surface area contributed by atoms with E-state index in [1.165, 1.54) is 4.88 Å². The van der Waals surface area contributed by atoms with Crippen LogP contribution in [-0.4, -0.2) is 29.0 Å². The van der Waals surface area contributed by atoms with Gasteiger partial charge in [0.2, 0.25) is 0 Å². The zero-order chi connectivity index (χ0) is 14.7. The van der Waals surface area contributed by atoms with Crippen molar-refractivity contribution in [3.8, 4) is 5.75 Å². The number of carbonyl (C=O) groups is 1. The number of hydrogen-bond donors (Lipinski definition) is 1. The molecule has 3 nitrogen and oxygen atoms in total. The third-order valence-corrected chi connectivity index (χ3v) is 4.82. The van der Waals surface area contributed by atoms with Crippen LogP contribution in [-0.2, 0) is 6.42 Å². The molecular weight excluding hydrogens is 385 g/mol. The molecule has 0 saturated carbocycles. The van der Waals surface area contributed by atoms with Gasteiger partial charge in [-0.25, -0.2) is 0 Å². The first-order valence-corrected chi connectivity index (χ1v) is 8.23. The lowest BCUT2D eigenvalue weighted by Crippen LogP contribution is -2.36. The van der Waals surface area contributed by atoms with E-state index in [4.69, 9.17) is 0 Å². The summed E-state index contributed by atoms with van der Waals surface area (Å²) in [6.07, 6.45) is 0.824. The molecule has 1 aromatic heterocycles. The second-order valence-corrected chi connectivity index (χ2v) is 6.99. The third-order valence-electron chi connectivity index (χ3n) is 3.25. The molecular formula is C15H16INO2S. The molecule has 1 amide bonds. The first kappa shape index (κ1) is 15.3. The highest BCUT2D eigenvalue weighted by atomic mass is 127. The molecule has 0 radical (unpaired) electrons. The lowest BCUT2D eigenvalue weighted by atomic mass is 10.1. The molecule has 1 atom stereocenters. The molecule has 1 heterocycles. The summed E-state index contributed by atoms with van der Waals surface area (Å²) in [5.74, 6) is -0.115. The molecule has 20 heavy (non-hydrogen) atoms. The Kier molecular flexibility index (Phi) is 5.04. The van der Waals surface area contributed by atoms with Crippen LogP contribution in [0.25, 0.3) is 0 Å². The Hall–Kier alpha value is -1.08. The quantitative estimate of drug-likeness (QED) is 0.793. The molecule has 5 heteroatoms. The summed E-state index contributed by atoms with van der Waals surface area (Å²) in [7, 11) is 1.78. The summed E-state index contributed by atoms with van der Waals surface area (Å²) in [5.41, 5.74) is 0.359. The van der Waals surface area contributed by atoms with E-state index in [1.54, 1.807) is 41.5 Å². The van der Waals surface area contributed by atoms with Gasteiger partial charge in [0.15, 0.2) is 0 Å². The minimum absolute atomic E-state index is 0.0330. The Morgan fingerprint density at radius 2 is 2.20 bits per heavy atom. The van der Waals surface area contributed by atoms with Crippen molar-refractivity contribution >= 4 is 39.8 Å². The van der Waals surface area contributed by atoms with Crippen LogP contribution in [0.15, 0.2) is 35.7 Å². The standard InChI is InChI=1S/C15H16INO2S/c1-10(8-12-4-3-7-20-12)17(2)15(19)13-9-11(16)5-6-14(13)18/h3-7,9-10,18H,8H2,1-2H3. The van der Waals surface area contributed by atoms with Gasteiger partial charge in [-0.3, -0.25) is 4.79 Å². The highest BCUT2D eigenvalue weighted by Crippen LogP contribution is 2.22. The fourth-order valence-corrected chi connectivity index (χ4v) is 3.24. The number of hydrogen-bond acceptors (Lipinski definition) is 3. The van der Waals surface area contributed by atoms with Crippen molar-refractivity contribution in [1.29, 1.82) is 0 Å². The van der Waals surface area contributed by atoms with E-state index < -0.39 is 0 Å². The van der Waals surface area contributed by atoms with Crippen molar-refractivity contribution in [2.45, 2.75) is 19.4 Å². The van der Waals surface area contributed by atoms with Crippen LogP contribution in [0.3, 0.4) is 0 Å². The zero-order valence-corrected chi connectivity index (χ0v) is 14.3. The molecule has 2 rings (SSSR count). The average molecular weight is 401 g/mol. The van der Waals surface area contributed by atoms with E-state index in [0.717, 1.165) is 9.99 Å². The summed E-state index contributed by atoms with van der Waals surface area (Å²) in [6.45, 7) is 2.02. The second kappa shape index (κ2) is 6.58. The summed E-state index contributed by atoms with van der Waals surface area (Å²) < 4.78 is 0.933. The van der Waals surface area contributed by atoms with Crippen LogP contribution in [0.1, 0.15) is 22.2 Å². The fraction of sp³-hybridized carbons (Fsp3) is 0.267. The smallest absolute Gasteiger partial charge is 0.257 e. The molecule has 0 spiro atoms. The van der Waals surface area contributed by atoms with Crippen molar-refractivity contribution < 1.29 is 9.90 Å². The summed E-state index contributed by atoms with van der Waals surface area (Å²) in [4.78, 5) is 15.4. The number of phenolic OH excluding ortho intramolecular Hbond substituents is 1. The van der Waals surface area contributed by atoms with Gasteiger partial charge in [0.05, 0.1) is 5.56 Å². The van der Waals surface area contributed by atoms with E-state index in [1.807, 2.05) is 18.4 Å². The minimum atomic E-state index is -0.148. The monoisotopic (exact) mass is 401 g/mol. The van der Waals surface area contributed by atoms with E-state index >= 15 is 0 Å². The Balaban J connectivity index is 2.13. The maximum absolute atomic E-state index is 12.5. The molecule has 0 aliphatic carbocycles. The zero-order valence-electron chi connectivity index (χ0n) is 11.3. The molecule has 1 N–H and O–H groups in total. The maximum atomic E-state index is 12.5. The lowest BCUT2D eigenvalue weighted by molar-refractivity contribution is 0.0741. The van der Waals surface area contributed by atoms with Crippen LogP contribution in [0.2, 0.25) is 0 Å². The third kappa shape index (κ3) is 3.52. The predicted octanol–water partition coefficient (Wildman–Crippen LogP) is 3.76. The van der Waals surface area contributed by atoms with Gasteiger partial charge in [0.1, 0.15) is 5.75 Å². The number of phenols is 1. The maximum Gasteiger partial charge on any atom is 0.257 e. The van der Waals surface area contributed by atoms with E-state index in [9.17, 15) is 9.90 Å². The first-order chi connectivity index (χ1) is 9.49. The molecule has 106 valence electrons. The van der Waals surface area contributed by atoms with Gasteiger partial charge >= 0.3 is 0 Å². The SMILES string of the molecule is CC(Cc1cccs1)N(C)C(=O)c1cc(I)ccc1O. The number of benzene rings is 1. The Labute approximate surface area is 136 Å². The number of carbonyl (C=O) groups excluding carboxylic acids is 1. The van der Waals surface area contributed by atoms with Crippen LogP contribution >= 0.6 is 33.9 Å². The lowest BCUT2D eigenvalue weighted by Gasteiger charge is -2.25. The normalized spacial score (nSPS) is 12.2. The predicted molar refractivity (Wildman–Crippen MR) is 90.4 cm³/mol. The van der Waals surface area contributed by atoms with Crippen molar-refractivity contribution in [2.75, 3.05) is 7.05 Å². The number of amides is 1. The van der Waals surface area contributed by atoms with E-state index in [-0.39, 0.29) is 17.7 Å². The van der Waals surface area contributed by atoms with Crippen molar-refractivity contribution in [3.05, 3.63) is 49.7 Å². The van der Waals surface area contributed by atoms with Gasteiger partial charge in [0.25, 0.3) is 5.91 Å². The van der Waals surface area contributed by atoms with Gasteiger partial charge in [-0.05, 0) is 59.2 Å². The van der Waals surface area contributed by atoms with Crippen LogP contribution < -0.4 is 0 Å². The van der Waals surface area contributed by atoms with E-state index in [0.29, 0.717) is 5.56 Å². The highest BCUT2D eigenvalue weighted by molar-refractivity contribution is 14.1. The number of likely N-dealkylation sites (N-methyl/N-ethyl adjacent to an activating group) is 1. The van der Waals surface area contributed by atoms with Gasteiger partial charge in [-0.15, -0.1) is 11.3 Å². The number of nitrogens with zero attached hydrogens (tertiary/aromatic N) is 1. The molecule has 1 unspecified atom stereocenters. The van der Waals surface area contributed by atoms with Crippen LogP contribution in [0, 0.1) is 3.57 Å². The molecule has 0 aliphatic heterocycles. The number of halogens is 1. The van der Waals surface area contributed by atoms with Crippen LogP contribution in [0.5, 0.6) is 5.75 Å². The fourth-order valence-electron chi connectivity index (χ4n) is 1.93. The van der Waals surface area contributed by atoms with Gasteiger partial charge in [-0.1, -0.05) is 6.07 Å². The van der Waals surface area contributed by atoms with Crippen LogP contribution in [0.4, 0.5) is 0 Å². The topological polar surface area (TPSA) is 40.5 Å².